The molecule has 0 spiro atoms. The van der Waals surface area contributed by atoms with E-state index in [9.17, 15) is 22.8 Å². The third-order valence-electron chi connectivity index (χ3n) is 6.92. The molecule has 1 aliphatic rings. The van der Waals surface area contributed by atoms with Crippen LogP contribution >= 0.6 is 0 Å². The van der Waals surface area contributed by atoms with Crippen molar-refractivity contribution in [3.8, 4) is 0 Å². The molecule has 0 aliphatic carbocycles. The largest absolute Gasteiger partial charge is 0.354 e. The van der Waals surface area contributed by atoms with Crippen molar-refractivity contribution in [3.63, 3.8) is 0 Å². The first-order chi connectivity index (χ1) is 19.2. The van der Waals surface area contributed by atoms with Crippen molar-refractivity contribution < 1.29 is 22.8 Å². The highest BCUT2D eigenvalue weighted by Gasteiger charge is 2.40. The highest BCUT2D eigenvalue weighted by Crippen LogP contribution is 2.30. The Morgan fingerprint density at radius 2 is 1.65 bits per heavy atom. The minimum absolute atomic E-state index is 0.0112. The summed E-state index contributed by atoms with van der Waals surface area (Å²) in [6, 6.07) is 22.7. The Morgan fingerprint density at radius 1 is 0.950 bits per heavy atom. The molecule has 0 bridgehead atoms. The zero-order valence-electron chi connectivity index (χ0n) is 22.9. The fourth-order valence-electron chi connectivity index (χ4n) is 4.90. The Hall–Kier alpha value is -3.98. The van der Waals surface area contributed by atoms with E-state index in [4.69, 9.17) is 0 Å². The molecule has 3 aromatic rings. The lowest BCUT2D eigenvalue weighted by Gasteiger charge is -2.32. The van der Waals surface area contributed by atoms with E-state index in [2.05, 4.69) is 5.32 Å². The number of hydrogen-bond acceptors (Lipinski definition) is 5. The maximum absolute atomic E-state index is 13.8. The van der Waals surface area contributed by atoms with E-state index in [-0.39, 0.29) is 48.2 Å². The molecule has 0 radical (unpaired) electrons. The van der Waals surface area contributed by atoms with Gasteiger partial charge < -0.3 is 10.2 Å². The molecule has 9 heteroatoms. The maximum atomic E-state index is 13.8. The number of nitrogens with zero attached hydrogens (tertiary/aromatic N) is 2. The van der Waals surface area contributed by atoms with Gasteiger partial charge in [-0.3, -0.25) is 14.4 Å². The third kappa shape index (κ3) is 6.59. The van der Waals surface area contributed by atoms with Crippen molar-refractivity contribution in [1.29, 1.82) is 0 Å². The first-order valence-electron chi connectivity index (χ1n) is 13.5. The quantitative estimate of drug-likeness (QED) is 0.359. The van der Waals surface area contributed by atoms with Crippen LogP contribution in [0.1, 0.15) is 53.2 Å². The summed E-state index contributed by atoms with van der Waals surface area (Å²) in [6.07, 6.45) is 1.21. The van der Waals surface area contributed by atoms with E-state index in [0.29, 0.717) is 13.0 Å². The van der Waals surface area contributed by atoms with Gasteiger partial charge in [-0.2, -0.15) is 0 Å². The molecule has 1 atom stereocenters. The third-order valence-corrected chi connectivity index (χ3v) is 8.76. The summed E-state index contributed by atoms with van der Waals surface area (Å²) in [7, 11) is -3.95. The van der Waals surface area contributed by atoms with Crippen LogP contribution < -0.4 is 5.32 Å². The minimum Gasteiger partial charge on any atom is -0.354 e. The zero-order valence-corrected chi connectivity index (χ0v) is 23.7. The van der Waals surface area contributed by atoms with Gasteiger partial charge in [0.05, 0.1) is 5.56 Å². The standard InChI is InChI=1S/C31H35N3O5S/c1-3-18-32-30(36)27(21-24-12-5-4-6-13-24)33(22-25-14-9-11-23(2)20-25)29(35)17-10-19-34-31(37)26-15-7-8-16-28(26)40(34,38)39/h4-9,11-16,20,27H,3,10,17-19,21-22H2,1-2H3,(H,32,36). The first-order valence-corrected chi connectivity index (χ1v) is 15.0. The summed E-state index contributed by atoms with van der Waals surface area (Å²) in [5.74, 6) is -1.10. The van der Waals surface area contributed by atoms with Gasteiger partial charge in [0.25, 0.3) is 15.9 Å². The monoisotopic (exact) mass is 561 g/mol. The molecule has 0 saturated carbocycles. The first kappa shape index (κ1) is 29.0. The second-order valence-electron chi connectivity index (χ2n) is 9.99. The van der Waals surface area contributed by atoms with E-state index in [1.54, 1.807) is 17.0 Å². The minimum atomic E-state index is -3.95. The average Bonchev–Trinajstić information content (AvgIpc) is 3.14. The molecule has 0 aromatic heterocycles. The van der Waals surface area contributed by atoms with E-state index in [1.807, 2.05) is 68.4 Å². The molecule has 210 valence electrons. The van der Waals surface area contributed by atoms with Crippen LogP contribution in [0.3, 0.4) is 0 Å². The number of aryl methyl sites for hydroxylation is 1. The Morgan fingerprint density at radius 3 is 2.35 bits per heavy atom. The number of nitrogens with one attached hydrogen (secondary N) is 1. The van der Waals surface area contributed by atoms with Crippen LogP contribution in [0.15, 0.2) is 83.8 Å². The van der Waals surface area contributed by atoms with Gasteiger partial charge >= 0.3 is 0 Å². The number of sulfonamides is 1. The number of carbonyl (C=O) groups excluding carboxylic acids is 3. The molecule has 40 heavy (non-hydrogen) atoms. The van der Waals surface area contributed by atoms with Gasteiger partial charge in [0.15, 0.2) is 0 Å². The molecule has 3 aromatic carbocycles. The SMILES string of the molecule is CCCNC(=O)C(Cc1ccccc1)N(Cc1cccc(C)c1)C(=O)CCCN1C(=O)c2ccccc2S1(=O)=O. The predicted octanol–water partition coefficient (Wildman–Crippen LogP) is 4.09. The Bertz CT molecular complexity index is 1470. The van der Waals surface area contributed by atoms with Crippen molar-refractivity contribution in [1.82, 2.24) is 14.5 Å². The molecule has 3 amide bonds. The summed E-state index contributed by atoms with van der Waals surface area (Å²) < 4.78 is 26.7. The number of hydrogen-bond donors (Lipinski definition) is 1. The lowest BCUT2D eigenvalue weighted by Crippen LogP contribution is -2.50. The van der Waals surface area contributed by atoms with Crippen molar-refractivity contribution in [2.75, 3.05) is 13.1 Å². The summed E-state index contributed by atoms with van der Waals surface area (Å²) >= 11 is 0. The van der Waals surface area contributed by atoms with Crippen LogP contribution in [0, 0.1) is 6.92 Å². The van der Waals surface area contributed by atoms with Crippen LogP contribution in [0.5, 0.6) is 0 Å². The normalized spacial score (nSPS) is 14.4. The summed E-state index contributed by atoms with van der Waals surface area (Å²) in [6.45, 7) is 4.53. The van der Waals surface area contributed by atoms with Crippen LogP contribution in [0.25, 0.3) is 0 Å². The predicted molar refractivity (Wildman–Crippen MR) is 153 cm³/mol. The Labute approximate surface area is 236 Å². The Kier molecular flexibility index (Phi) is 9.37. The molecular weight excluding hydrogens is 526 g/mol. The van der Waals surface area contributed by atoms with E-state index in [0.717, 1.165) is 27.4 Å². The van der Waals surface area contributed by atoms with Crippen LogP contribution in [-0.2, 0) is 32.6 Å². The number of amides is 3. The van der Waals surface area contributed by atoms with Gasteiger partial charge in [0, 0.05) is 32.5 Å². The molecular formula is C31H35N3O5S. The number of fused-ring (bicyclic) bond motifs is 1. The van der Waals surface area contributed by atoms with Gasteiger partial charge in [0.1, 0.15) is 10.9 Å². The fraction of sp³-hybridized carbons (Fsp3) is 0.323. The molecule has 4 rings (SSSR count). The fourth-order valence-corrected chi connectivity index (χ4v) is 6.50. The highest BCUT2D eigenvalue weighted by molar-refractivity contribution is 7.90. The average molecular weight is 562 g/mol. The summed E-state index contributed by atoms with van der Waals surface area (Å²) in [4.78, 5) is 41.5. The number of benzene rings is 3. The van der Waals surface area contributed by atoms with Crippen LogP contribution in [0.4, 0.5) is 0 Å². The molecule has 1 aliphatic heterocycles. The molecule has 1 heterocycles. The van der Waals surface area contributed by atoms with Gasteiger partial charge in [-0.25, -0.2) is 12.7 Å². The van der Waals surface area contributed by atoms with Gasteiger partial charge in [-0.05, 0) is 43.0 Å². The zero-order chi connectivity index (χ0) is 28.7. The van der Waals surface area contributed by atoms with Crippen molar-refractivity contribution in [2.45, 2.75) is 57.0 Å². The second kappa shape index (κ2) is 12.9. The maximum Gasteiger partial charge on any atom is 0.269 e. The molecule has 0 fully saturated rings. The number of rotatable bonds is 12. The van der Waals surface area contributed by atoms with Gasteiger partial charge in [0.2, 0.25) is 11.8 Å². The second-order valence-corrected chi connectivity index (χ2v) is 11.8. The van der Waals surface area contributed by atoms with Gasteiger partial charge in [-0.15, -0.1) is 0 Å². The Balaban J connectivity index is 1.56. The molecule has 1 unspecified atom stereocenters. The summed E-state index contributed by atoms with van der Waals surface area (Å²) in [5.41, 5.74) is 3.00. The number of carbonyl (C=O) groups is 3. The molecule has 0 saturated heterocycles. The lowest BCUT2D eigenvalue weighted by atomic mass is 10.0. The van der Waals surface area contributed by atoms with Crippen LogP contribution in [-0.4, -0.2) is 54.5 Å². The van der Waals surface area contributed by atoms with E-state index < -0.39 is 22.0 Å². The van der Waals surface area contributed by atoms with Crippen molar-refractivity contribution >= 4 is 27.7 Å². The molecule has 1 N–H and O–H groups in total. The van der Waals surface area contributed by atoms with Crippen LogP contribution in [0.2, 0.25) is 0 Å². The lowest BCUT2D eigenvalue weighted by molar-refractivity contribution is -0.141. The topological polar surface area (TPSA) is 104 Å². The highest BCUT2D eigenvalue weighted by atomic mass is 32.2. The summed E-state index contributed by atoms with van der Waals surface area (Å²) in [5, 5.41) is 2.95. The smallest absolute Gasteiger partial charge is 0.269 e. The molecule has 8 nitrogen and oxygen atoms in total. The van der Waals surface area contributed by atoms with Gasteiger partial charge in [-0.1, -0.05) is 79.2 Å². The van der Waals surface area contributed by atoms with Crippen molar-refractivity contribution in [2.24, 2.45) is 0 Å². The van der Waals surface area contributed by atoms with Crippen molar-refractivity contribution in [3.05, 3.63) is 101 Å². The van der Waals surface area contributed by atoms with E-state index >= 15 is 0 Å². The van der Waals surface area contributed by atoms with E-state index in [1.165, 1.54) is 12.1 Å².